The third-order valence-electron chi connectivity index (χ3n) is 7.02. The lowest BCUT2D eigenvalue weighted by atomic mass is 9.85. The molecule has 0 aromatic carbocycles. The van der Waals surface area contributed by atoms with Crippen molar-refractivity contribution in [2.45, 2.75) is 44.7 Å². The molecular formula is C26H28N6O4. The summed E-state index contributed by atoms with van der Waals surface area (Å²) < 4.78 is 18.0. The molecule has 10 heteroatoms. The summed E-state index contributed by atoms with van der Waals surface area (Å²) in [6.45, 7) is 6.50. The van der Waals surface area contributed by atoms with Gasteiger partial charge in [0.2, 0.25) is 0 Å². The van der Waals surface area contributed by atoms with Gasteiger partial charge in [0.25, 0.3) is 11.8 Å². The molecule has 1 saturated heterocycles. The van der Waals surface area contributed by atoms with E-state index in [1.54, 1.807) is 49.1 Å². The number of rotatable bonds is 5. The van der Waals surface area contributed by atoms with Crippen LogP contribution < -0.4 is 14.4 Å². The number of carbonyl (C=O) groups excluding carboxylic acids is 1. The number of ether oxygens (including phenoxy) is 3. The Morgan fingerprint density at radius 2 is 1.92 bits per heavy atom. The van der Waals surface area contributed by atoms with Crippen LogP contribution in [0.1, 0.15) is 48.3 Å². The molecule has 0 saturated carbocycles. The van der Waals surface area contributed by atoms with Crippen molar-refractivity contribution >= 4 is 11.6 Å². The lowest BCUT2D eigenvalue weighted by molar-refractivity contribution is 0.0487. The number of methoxy groups -OCH3 is 2. The third-order valence-corrected chi connectivity index (χ3v) is 7.02. The molecule has 0 aliphatic carbocycles. The van der Waals surface area contributed by atoms with E-state index in [1.165, 1.54) is 7.11 Å². The van der Waals surface area contributed by atoms with Gasteiger partial charge in [0.15, 0.2) is 5.75 Å². The Hall–Kier alpha value is -3.97. The molecule has 186 valence electrons. The maximum atomic E-state index is 13.9. The van der Waals surface area contributed by atoms with E-state index < -0.39 is 11.1 Å². The van der Waals surface area contributed by atoms with E-state index in [9.17, 15) is 10.1 Å². The standard InChI is InChI=1S/C26H28N6O4/c1-16-10-19(17-11-20(34-4)23(35-5)28-12-17)30-22-21(16)24(33)32(26(22)6-8-36-9-7-26)18-13-29-31(14-18)25(2,3)15-27/h10-14H,6-9H2,1-5H3. The van der Waals surface area contributed by atoms with Crippen molar-refractivity contribution in [1.29, 1.82) is 5.26 Å². The number of aromatic nitrogens is 4. The molecule has 36 heavy (non-hydrogen) atoms. The zero-order valence-electron chi connectivity index (χ0n) is 21.0. The number of nitrogens with zero attached hydrogens (tertiary/aromatic N) is 6. The highest BCUT2D eigenvalue weighted by molar-refractivity contribution is 6.12. The normalized spacial score (nSPS) is 16.7. The van der Waals surface area contributed by atoms with Crippen LogP contribution in [0.2, 0.25) is 0 Å². The van der Waals surface area contributed by atoms with E-state index in [2.05, 4.69) is 16.2 Å². The zero-order valence-corrected chi connectivity index (χ0v) is 21.0. The molecular weight excluding hydrogens is 460 g/mol. The summed E-state index contributed by atoms with van der Waals surface area (Å²) in [6, 6.07) is 5.99. The van der Waals surface area contributed by atoms with E-state index in [1.807, 2.05) is 19.1 Å². The van der Waals surface area contributed by atoms with Gasteiger partial charge in [-0.1, -0.05) is 0 Å². The summed E-state index contributed by atoms with van der Waals surface area (Å²) >= 11 is 0. The van der Waals surface area contributed by atoms with Gasteiger partial charge in [-0.15, -0.1) is 0 Å². The molecule has 0 unspecified atom stereocenters. The van der Waals surface area contributed by atoms with Gasteiger partial charge in [-0.3, -0.25) is 14.4 Å². The van der Waals surface area contributed by atoms with Crippen LogP contribution in [0.4, 0.5) is 5.69 Å². The first kappa shape index (κ1) is 23.8. The van der Waals surface area contributed by atoms with Crippen molar-refractivity contribution in [3.8, 4) is 29.0 Å². The van der Waals surface area contributed by atoms with Crippen LogP contribution in [-0.2, 0) is 15.8 Å². The van der Waals surface area contributed by atoms with Gasteiger partial charge in [0, 0.05) is 37.8 Å². The molecule has 2 aliphatic heterocycles. The summed E-state index contributed by atoms with van der Waals surface area (Å²) in [4.78, 5) is 25.2. The smallest absolute Gasteiger partial charge is 0.261 e. The van der Waals surface area contributed by atoms with Crippen LogP contribution >= 0.6 is 0 Å². The molecule has 2 aliphatic rings. The summed E-state index contributed by atoms with van der Waals surface area (Å²) in [5.74, 6) is 0.767. The van der Waals surface area contributed by atoms with Crippen LogP contribution in [0.3, 0.4) is 0 Å². The number of carbonyl (C=O) groups is 1. The van der Waals surface area contributed by atoms with Gasteiger partial charge in [-0.05, 0) is 38.5 Å². The number of hydrogen-bond donors (Lipinski definition) is 0. The Kier molecular flexibility index (Phi) is 5.68. The van der Waals surface area contributed by atoms with Crippen molar-refractivity contribution in [3.63, 3.8) is 0 Å². The Morgan fingerprint density at radius 3 is 2.58 bits per heavy atom. The predicted octanol–water partition coefficient (Wildman–Crippen LogP) is 3.59. The number of fused-ring (bicyclic) bond motifs is 2. The first-order chi connectivity index (χ1) is 17.3. The highest BCUT2D eigenvalue weighted by atomic mass is 16.5. The molecule has 5 rings (SSSR count). The van der Waals surface area contributed by atoms with E-state index in [0.29, 0.717) is 54.6 Å². The fourth-order valence-corrected chi connectivity index (χ4v) is 5.03. The van der Waals surface area contributed by atoms with Crippen molar-refractivity contribution in [1.82, 2.24) is 19.7 Å². The summed E-state index contributed by atoms with van der Waals surface area (Å²) in [6.07, 6.45) is 6.29. The maximum Gasteiger partial charge on any atom is 0.261 e. The van der Waals surface area contributed by atoms with Gasteiger partial charge in [0.05, 0.1) is 60.9 Å². The molecule has 0 radical (unpaired) electrons. The van der Waals surface area contributed by atoms with Gasteiger partial charge in [0.1, 0.15) is 5.54 Å². The largest absolute Gasteiger partial charge is 0.491 e. The fourth-order valence-electron chi connectivity index (χ4n) is 5.03. The third kappa shape index (κ3) is 3.50. The fraction of sp³-hybridized carbons (Fsp3) is 0.423. The molecule has 0 bridgehead atoms. The van der Waals surface area contributed by atoms with Crippen LogP contribution in [0.5, 0.6) is 11.6 Å². The van der Waals surface area contributed by atoms with Crippen molar-refractivity contribution < 1.29 is 19.0 Å². The Balaban J connectivity index is 1.66. The summed E-state index contributed by atoms with van der Waals surface area (Å²) in [5.41, 5.74) is 2.72. The van der Waals surface area contributed by atoms with Crippen molar-refractivity contribution in [2.24, 2.45) is 0 Å². The van der Waals surface area contributed by atoms with Gasteiger partial charge >= 0.3 is 0 Å². The van der Waals surface area contributed by atoms with Crippen LogP contribution in [-0.4, -0.2) is 53.1 Å². The summed E-state index contributed by atoms with van der Waals surface area (Å²) in [7, 11) is 3.10. The van der Waals surface area contributed by atoms with Crippen LogP contribution in [0, 0.1) is 18.3 Å². The number of hydrogen-bond acceptors (Lipinski definition) is 8. The average Bonchev–Trinajstić information content (AvgIpc) is 3.46. The van der Waals surface area contributed by atoms with Gasteiger partial charge in [-0.25, -0.2) is 9.97 Å². The van der Waals surface area contributed by atoms with Gasteiger partial charge in [-0.2, -0.15) is 10.4 Å². The predicted molar refractivity (Wildman–Crippen MR) is 131 cm³/mol. The van der Waals surface area contributed by atoms with E-state index >= 15 is 0 Å². The number of amides is 1. The van der Waals surface area contributed by atoms with E-state index in [-0.39, 0.29) is 5.91 Å². The molecule has 3 aromatic heterocycles. The first-order valence-corrected chi connectivity index (χ1v) is 11.7. The minimum atomic E-state index is -0.849. The van der Waals surface area contributed by atoms with Crippen LogP contribution in [0.15, 0.2) is 30.7 Å². The minimum Gasteiger partial charge on any atom is -0.491 e. The Bertz CT molecular complexity index is 1380. The SMILES string of the molecule is COc1cc(-c2cc(C)c3c(n2)C2(CCOCC2)N(c2cnn(C(C)(C)C#N)c2)C3=O)cnc1OC. The van der Waals surface area contributed by atoms with Crippen molar-refractivity contribution in [3.05, 3.63) is 47.5 Å². The molecule has 0 atom stereocenters. The summed E-state index contributed by atoms with van der Waals surface area (Å²) in [5, 5.41) is 14.0. The highest BCUT2D eigenvalue weighted by Gasteiger charge is 2.53. The molecule has 5 heterocycles. The number of nitriles is 1. The molecule has 3 aromatic rings. The topological polar surface area (TPSA) is 115 Å². The molecule has 1 spiro atoms. The number of aryl methyl sites for hydroxylation is 1. The second-order valence-corrected chi connectivity index (χ2v) is 9.58. The Labute approximate surface area is 209 Å². The number of anilines is 1. The average molecular weight is 489 g/mol. The lowest BCUT2D eigenvalue weighted by Crippen LogP contribution is -2.48. The zero-order chi connectivity index (χ0) is 25.7. The van der Waals surface area contributed by atoms with Crippen molar-refractivity contribution in [2.75, 3.05) is 32.3 Å². The Morgan fingerprint density at radius 1 is 1.17 bits per heavy atom. The maximum absolute atomic E-state index is 13.9. The first-order valence-electron chi connectivity index (χ1n) is 11.7. The molecule has 1 fully saturated rings. The lowest BCUT2D eigenvalue weighted by Gasteiger charge is -2.40. The van der Waals surface area contributed by atoms with E-state index in [4.69, 9.17) is 19.2 Å². The van der Waals surface area contributed by atoms with Gasteiger partial charge < -0.3 is 14.2 Å². The molecule has 0 N–H and O–H groups in total. The minimum absolute atomic E-state index is 0.122. The van der Waals surface area contributed by atoms with E-state index in [0.717, 1.165) is 16.8 Å². The highest BCUT2D eigenvalue weighted by Crippen LogP contribution is 2.49. The second kappa shape index (κ2) is 8.60. The molecule has 10 nitrogen and oxygen atoms in total. The number of pyridine rings is 2. The molecule has 1 amide bonds. The van der Waals surface area contributed by atoms with Crippen LogP contribution in [0.25, 0.3) is 11.3 Å². The second-order valence-electron chi connectivity index (χ2n) is 9.58. The monoisotopic (exact) mass is 488 g/mol. The quantitative estimate of drug-likeness (QED) is 0.535.